The first-order valence-electron chi connectivity index (χ1n) is 13.2. The minimum absolute atomic E-state index is 0.223. The minimum atomic E-state index is 0.223. The Morgan fingerprint density at radius 1 is 1.11 bits per heavy atom. The van der Waals surface area contributed by atoms with Gasteiger partial charge in [0.25, 0.3) is 0 Å². The van der Waals surface area contributed by atoms with Crippen LogP contribution in [0.4, 0.5) is 0 Å². The summed E-state index contributed by atoms with van der Waals surface area (Å²) in [6, 6.07) is 14.2. The molecule has 1 saturated heterocycles. The van der Waals surface area contributed by atoms with E-state index < -0.39 is 0 Å². The zero-order valence-corrected chi connectivity index (χ0v) is 21.0. The van der Waals surface area contributed by atoms with E-state index in [0.717, 1.165) is 85.5 Å². The number of H-pyrrole nitrogens is 1. The highest BCUT2D eigenvalue weighted by Crippen LogP contribution is 2.18. The number of carbonyl (C=O) groups is 1. The van der Waals surface area contributed by atoms with Gasteiger partial charge in [-0.2, -0.15) is 0 Å². The van der Waals surface area contributed by atoms with Crippen LogP contribution >= 0.6 is 0 Å². The second kappa shape index (κ2) is 13.1. The molecule has 186 valence electrons. The molecule has 0 spiro atoms. The predicted molar refractivity (Wildman–Crippen MR) is 142 cm³/mol. The lowest BCUT2D eigenvalue weighted by atomic mass is 10.1. The van der Waals surface area contributed by atoms with Gasteiger partial charge >= 0.3 is 0 Å². The number of aromatic nitrogens is 2. The molecule has 1 amide bonds. The first kappa shape index (κ1) is 25.0. The molecule has 0 aliphatic carbocycles. The predicted octanol–water partition coefficient (Wildman–Crippen LogP) is 5.74. The Morgan fingerprint density at radius 3 is 2.86 bits per heavy atom. The maximum Gasteiger partial charge on any atom is 0.226 e. The summed E-state index contributed by atoms with van der Waals surface area (Å²) >= 11 is 0. The number of amides is 1. The van der Waals surface area contributed by atoms with Gasteiger partial charge in [-0.15, -0.1) is 0 Å². The molecule has 1 aliphatic heterocycles. The smallest absolute Gasteiger partial charge is 0.226 e. The van der Waals surface area contributed by atoms with Crippen molar-refractivity contribution in [2.75, 3.05) is 26.2 Å². The van der Waals surface area contributed by atoms with Gasteiger partial charge in [0, 0.05) is 32.3 Å². The van der Waals surface area contributed by atoms with Gasteiger partial charge in [-0.05, 0) is 61.1 Å². The molecule has 0 atom stereocenters. The second-order valence-electron chi connectivity index (χ2n) is 9.42. The van der Waals surface area contributed by atoms with Crippen LogP contribution in [-0.2, 0) is 17.6 Å². The Kier molecular flexibility index (Phi) is 9.32. The molecule has 4 rings (SSSR count). The number of imidazole rings is 1. The molecule has 0 unspecified atom stereocenters. The number of aryl methyl sites for hydroxylation is 1. The maximum absolute atomic E-state index is 12.4. The van der Waals surface area contributed by atoms with Gasteiger partial charge in [-0.1, -0.05) is 44.4 Å². The summed E-state index contributed by atoms with van der Waals surface area (Å²) in [5.74, 6) is 2.05. The summed E-state index contributed by atoms with van der Waals surface area (Å²) in [6.07, 6.45) is 11.3. The first-order chi connectivity index (χ1) is 17.2. The molecule has 2 heterocycles. The van der Waals surface area contributed by atoms with E-state index in [1.54, 1.807) is 0 Å². The number of aliphatic imine (C=N–C) groups is 1. The summed E-state index contributed by atoms with van der Waals surface area (Å²) < 4.78 is 5.97. The van der Waals surface area contributed by atoms with Crippen LogP contribution in [0.15, 0.2) is 47.5 Å². The Labute approximate surface area is 208 Å². The third-order valence-electron chi connectivity index (χ3n) is 6.48. The van der Waals surface area contributed by atoms with E-state index in [2.05, 4.69) is 29.0 Å². The number of hydrogen-bond acceptors (Lipinski definition) is 4. The summed E-state index contributed by atoms with van der Waals surface area (Å²) in [5, 5.41) is 0. The standard InChI is InChI=1S/C29H38N4O2/c1-2-3-4-5-15-30-22-24-10-8-11-25(19-24)35-18-9-12-28-31-26-14-13-23(20-27(26)32-28)21-29(34)33-16-6-7-17-33/h8,10-11,13-14,19-20,22H,2-7,9,12,15-18,21H2,1H3,(H,31,32). The maximum atomic E-state index is 12.4. The van der Waals surface area contributed by atoms with Gasteiger partial charge < -0.3 is 14.6 Å². The zero-order valence-electron chi connectivity index (χ0n) is 21.0. The molecule has 1 aliphatic rings. The highest BCUT2D eigenvalue weighted by molar-refractivity contribution is 5.82. The van der Waals surface area contributed by atoms with Gasteiger partial charge in [-0.25, -0.2) is 4.98 Å². The lowest BCUT2D eigenvalue weighted by molar-refractivity contribution is -0.129. The fourth-order valence-electron chi connectivity index (χ4n) is 4.51. The summed E-state index contributed by atoms with van der Waals surface area (Å²) in [6.45, 7) is 5.54. The molecule has 6 nitrogen and oxygen atoms in total. The quantitative estimate of drug-likeness (QED) is 0.254. The van der Waals surface area contributed by atoms with Crippen molar-refractivity contribution < 1.29 is 9.53 Å². The Hall–Kier alpha value is -3.15. The van der Waals surface area contributed by atoms with E-state index in [0.29, 0.717) is 13.0 Å². The molecule has 1 N–H and O–H groups in total. The van der Waals surface area contributed by atoms with Crippen molar-refractivity contribution in [3.63, 3.8) is 0 Å². The van der Waals surface area contributed by atoms with Crippen LogP contribution < -0.4 is 4.74 Å². The highest BCUT2D eigenvalue weighted by Gasteiger charge is 2.18. The number of nitrogens with zero attached hydrogens (tertiary/aromatic N) is 3. The molecule has 6 heteroatoms. The number of fused-ring (bicyclic) bond motifs is 1. The van der Waals surface area contributed by atoms with Crippen molar-refractivity contribution in [2.24, 2.45) is 4.99 Å². The van der Waals surface area contributed by atoms with Crippen molar-refractivity contribution in [3.8, 4) is 5.75 Å². The number of ether oxygens (including phenoxy) is 1. The summed E-state index contributed by atoms with van der Waals surface area (Å²) in [7, 11) is 0. The normalized spacial score (nSPS) is 13.8. The van der Waals surface area contributed by atoms with Gasteiger partial charge in [0.05, 0.1) is 24.1 Å². The number of carbonyl (C=O) groups excluding carboxylic acids is 1. The van der Waals surface area contributed by atoms with Gasteiger partial charge in [0.15, 0.2) is 0 Å². The van der Waals surface area contributed by atoms with Crippen LogP contribution in [0.5, 0.6) is 5.75 Å². The number of benzene rings is 2. The van der Waals surface area contributed by atoms with Crippen LogP contribution in [0.3, 0.4) is 0 Å². The Bertz CT molecular complexity index is 1110. The van der Waals surface area contributed by atoms with Crippen molar-refractivity contribution >= 4 is 23.2 Å². The van der Waals surface area contributed by atoms with Crippen LogP contribution in [0.2, 0.25) is 0 Å². The highest BCUT2D eigenvalue weighted by atomic mass is 16.5. The van der Waals surface area contributed by atoms with Crippen LogP contribution in [0.25, 0.3) is 11.0 Å². The summed E-state index contributed by atoms with van der Waals surface area (Å²) in [5.41, 5.74) is 4.06. The molecule has 1 fully saturated rings. The van der Waals surface area contributed by atoms with E-state index in [1.807, 2.05) is 41.4 Å². The Balaban J connectivity index is 1.22. The van der Waals surface area contributed by atoms with Crippen LogP contribution in [-0.4, -0.2) is 53.2 Å². The first-order valence-corrected chi connectivity index (χ1v) is 13.2. The third kappa shape index (κ3) is 7.67. The average molecular weight is 475 g/mol. The third-order valence-corrected chi connectivity index (χ3v) is 6.48. The summed E-state index contributed by atoms with van der Waals surface area (Å²) in [4.78, 5) is 27.1. The SMILES string of the molecule is CCCCCCN=Cc1cccc(OCCCc2nc3ccc(CC(=O)N4CCCC4)cc3[nH]2)c1. The van der Waals surface area contributed by atoms with Crippen molar-refractivity contribution in [2.45, 2.75) is 64.7 Å². The fourth-order valence-corrected chi connectivity index (χ4v) is 4.51. The molecule has 35 heavy (non-hydrogen) atoms. The molecule has 1 aromatic heterocycles. The number of rotatable bonds is 13. The topological polar surface area (TPSA) is 70.6 Å². The minimum Gasteiger partial charge on any atom is -0.494 e. The number of nitrogens with one attached hydrogen (secondary N) is 1. The molecule has 0 radical (unpaired) electrons. The number of unbranched alkanes of at least 4 members (excludes halogenated alkanes) is 3. The van der Waals surface area contributed by atoms with Gasteiger partial charge in [0.2, 0.25) is 5.91 Å². The van der Waals surface area contributed by atoms with E-state index in [-0.39, 0.29) is 5.91 Å². The lowest BCUT2D eigenvalue weighted by Gasteiger charge is -2.14. The van der Waals surface area contributed by atoms with Gasteiger partial charge in [-0.3, -0.25) is 9.79 Å². The number of hydrogen-bond donors (Lipinski definition) is 1. The largest absolute Gasteiger partial charge is 0.494 e. The molecule has 0 saturated carbocycles. The van der Waals surface area contributed by atoms with E-state index >= 15 is 0 Å². The molecule has 2 aromatic carbocycles. The molecular formula is C29H38N4O2. The fraction of sp³-hybridized carbons (Fsp3) is 0.483. The van der Waals surface area contributed by atoms with Crippen LogP contribution in [0.1, 0.15) is 68.8 Å². The van der Waals surface area contributed by atoms with Gasteiger partial charge in [0.1, 0.15) is 11.6 Å². The number of aromatic amines is 1. The van der Waals surface area contributed by atoms with Crippen molar-refractivity contribution in [1.82, 2.24) is 14.9 Å². The van der Waals surface area contributed by atoms with E-state index in [9.17, 15) is 4.79 Å². The van der Waals surface area contributed by atoms with Crippen molar-refractivity contribution in [3.05, 3.63) is 59.4 Å². The second-order valence-corrected chi connectivity index (χ2v) is 9.42. The van der Waals surface area contributed by atoms with E-state index in [1.165, 1.54) is 19.3 Å². The van der Waals surface area contributed by atoms with Crippen molar-refractivity contribution in [1.29, 1.82) is 0 Å². The Morgan fingerprint density at radius 2 is 2.00 bits per heavy atom. The molecule has 0 bridgehead atoms. The lowest BCUT2D eigenvalue weighted by Crippen LogP contribution is -2.29. The molecule has 3 aromatic rings. The average Bonchev–Trinajstić information content (AvgIpc) is 3.54. The molecular weight excluding hydrogens is 436 g/mol. The van der Waals surface area contributed by atoms with Crippen LogP contribution in [0, 0.1) is 0 Å². The number of likely N-dealkylation sites (tertiary alicyclic amines) is 1. The monoisotopic (exact) mass is 474 g/mol. The zero-order chi connectivity index (χ0) is 24.3. The van der Waals surface area contributed by atoms with E-state index in [4.69, 9.17) is 9.72 Å².